The molecule has 0 N–H and O–H groups in total. The minimum Gasteiger partial charge on any atom is -0.456 e. The molecule has 0 amide bonds. The van der Waals surface area contributed by atoms with E-state index in [9.17, 15) is 0 Å². The van der Waals surface area contributed by atoms with Gasteiger partial charge in [0.15, 0.2) is 11.6 Å². The van der Waals surface area contributed by atoms with Crippen LogP contribution in [-0.2, 0) is 0 Å². The molecule has 14 aromatic rings. The number of aromatic nitrogens is 5. The summed E-state index contributed by atoms with van der Waals surface area (Å²) in [5, 5.41) is 14.1. The molecule has 292 valence electrons. The molecule has 4 aromatic heterocycles. The predicted molar refractivity (Wildman–Crippen MR) is 259 cm³/mol. The molecule has 0 saturated carbocycles. The zero-order valence-corrected chi connectivity index (χ0v) is 33.7. The molecule has 0 aliphatic heterocycles. The van der Waals surface area contributed by atoms with Gasteiger partial charge >= 0.3 is 0 Å². The lowest BCUT2D eigenvalue weighted by molar-refractivity contribution is 0.669. The first kappa shape index (κ1) is 34.1. The van der Waals surface area contributed by atoms with Gasteiger partial charge in [0, 0.05) is 49.1 Å². The van der Waals surface area contributed by atoms with Gasteiger partial charge in [-0.2, -0.15) is 9.97 Å². The minimum atomic E-state index is 0.543. The Morgan fingerprint density at radius 1 is 0.333 bits per heavy atom. The van der Waals surface area contributed by atoms with Crippen LogP contribution in [0.5, 0.6) is 0 Å². The van der Waals surface area contributed by atoms with Crippen LogP contribution in [0.2, 0.25) is 0 Å². The largest absolute Gasteiger partial charge is 0.456 e. The van der Waals surface area contributed by atoms with Crippen molar-refractivity contribution in [3.63, 3.8) is 0 Å². The van der Waals surface area contributed by atoms with Crippen LogP contribution < -0.4 is 0 Å². The van der Waals surface area contributed by atoms with E-state index >= 15 is 0 Å². The molecule has 0 spiro atoms. The molecule has 0 aliphatic rings. The highest BCUT2D eigenvalue weighted by Crippen LogP contribution is 2.44. The highest BCUT2D eigenvalue weighted by atomic mass is 16.3. The van der Waals surface area contributed by atoms with E-state index < -0.39 is 0 Å². The second-order valence-electron chi connectivity index (χ2n) is 16.3. The second kappa shape index (κ2) is 12.9. The van der Waals surface area contributed by atoms with Crippen LogP contribution >= 0.6 is 0 Å². The Bertz CT molecular complexity index is 4180. The predicted octanol–water partition coefficient (Wildman–Crippen LogP) is 14.8. The Balaban J connectivity index is 1.09. The van der Waals surface area contributed by atoms with Gasteiger partial charge in [0.2, 0.25) is 5.95 Å². The topological polar surface area (TPSA) is 61.7 Å². The van der Waals surface area contributed by atoms with Gasteiger partial charge in [-0.15, -0.1) is 0 Å². The number of hydrogen-bond acceptors (Lipinski definition) is 4. The molecular weight excluding hydrogens is 771 g/mol. The van der Waals surface area contributed by atoms with Crippen molar-refractivity contribution in [1.82, 2.24) is 24.1 Å². The standard InChI is InChI=1S/C57H33N5O/c1-2-15-34(16-3-1)55-58-56(45-24-14-28-51-52(45)44-23-10-13-27-50(44)63-51)60-57(59-55)62-48-26-12-9-22-43(48)53-49(62)32-31-42-41-21-8-11-25-47(41)61(54(42)53)35-29-30-40-38-19-5-4-17-36(38)37-18-6-7-20-39(37)46(40)33-35/h1-33H. The first-order valence-electron chi connectivity index (χ1n) is 21.3. The van der Waals surface area contributed by atoms with Gasteiger partial charge in [0.05, 0.1) is 22.1 Å². The zero-order chi connectivity index (χ0) is 41.2. The van der Waals surface area contributed by atoms with E-state index in [1.54, 1.807) is 0 Å². The van der Waals surface area contributed by atoms with Gasteiger partial charge in [0.25, 0.3) is 0 Å². The highest BCUT2D eigenvalue weighted by molar-refractivity contribution is 6.28. The fourth-order valence-corrected chi connectivity index (χ4v) is 10.3. The molecule has 10 aromatic carbocycles. The Kier molecular flexibility index (Phi) is 7.02. The summed E-state index contributed by atoms with van der Waals surface area (Å²) >= 11 is 0. The van der Waals surface area contributed by atoms with E-state index in [0.29, 0.717) is 17.6 Å². The van der Waals surface area contributed by atoms with E-state index in [1.807, 2.05) is 48.5 Å². The van der Waals surface area contributed by atoms with Crippen molar-refractivity contribution in [2.24, 2.45) is 0 Å². The van der Waals surface area contributed by atoms with Gasteiger partial charge in [-0.05, 0) is 74.8 Å². The quantitative estimate of drug-likeness (QED) is 0.166. The maximum Gasteiger partial charge on any atom is 0.238 e. The Labute approximate surface area is 359 Å². The first-order chi connectivity index (χ1) is 31.3. The summed E-state index contributed by atoms with van der Waals surface area (Å²) in [6, 6.07) is 70.9. The molecule has 14 rings (SSSR count). The Morgan fingerprint density at radius 2 is 0.905 bits per heavy atom. The summed E-state index contributed by atoms with van der Waals surface area (Å²) in [7, 11) is 0. The van der Waals surface area contributed by atoms with Crippen LogP contribution in [0.15, 0.2) is 205 Å². The number of para-hydroxylation sites is 3. The number of nitrogens with zero attached hydrogens (tertiary/aromatic N) is 5. The SMILES string of the molecule is c1ccc(-c2nc(-c3cccc4oc5ccccc5c34)nc(-n3c4ccccc4c4c3ccc3c5ccccc5n(-c5ccc6c7ccccc7c7ccccc7c6c5)c34)n2)cc1. The highest BCUT2D eigenvalue weighted by Gasteiger charge is 2.24. The smallest absolute Gasteiger partial charge is 0.238 e. The van der Waals surface area contributed by atoms with Gasteiger partial charge in [0.1, 0.15) is 11.2 Å². The summed E-state index contributed by atoms with van der Waals surface area (Å²) in [6.07, 6.45) is 0. The van der Waals surface area contributed by atoms with Crippen molar-refractivity contribution in [1.29, 1.82) is 0 Å². The second-order valence-corrected chi connectivity index (χ2v) is 16.3. The summed E-state index contributed by atoms with van der Waals surface area (Å²) < 4.78 is 11.0. The average molecular weight is 804 g/mol. The molecular formula is C57H33N5O. The van der Waals surface area contributed by atoms with Gasteiger partial charge in [-0.1, -0.05) is 158 Å². The van der Waals surface area contributed by atoms with Crippen LogP contribution in [0.3, 0.4) is 0 Å². The molecule has 4 heterocycles. The van der Waals surface area contributed by atoms with Crippen LogP contribution in [0.1, 0.15) is 0 Å². The molecule has 6 nitrogen and oxygen atoms in total. The van der Waals surface area contributed by atoms with Crippen molar-refractivity contribution in [3.8, 4) is 34.4 Å². The van der Waals surface area contributed by atoms with Gasteiger partial charge < -0.3 is 8.98 Å². The molecule has 0 fully saturated rings. The van der Waals surface area contributed by atoms with Crippen molar-refractivity contribution < 1.29 is 4.42 Å². The molecule has 0 aliphatic carbocycles. The fourth-order valence-electron chi connectivity index (χ4n) is 10.3. The summed E-state index contributed by atoms with van der Waals surface area (Å²) in [4.78, 5) is 15.9. The molecule has 6 heteroatoms. The lowest BCUT2D eigenvalue weighted by Gasteiger charge is -2.14. The summed E-state index contributed by atoms with van der Waals surface area (Å²) in [5.74, 6) is 1.71. The minimum absolute atomic E-state index is 0.543. The average Bonchev–Trinajstić information content (AvgIpc) is 4.02. The molecule has 0 radical (unpaired) electrons. The molecule has 0 atom stereocenters. The maximum absolute atomic E-state index is 6.35. The van der Waals surface area contributed by atoms with Crippen LogP contribution in [-0.4, -0.2) is 24.1 Å². The fraction of sp³-hybridized carbons (Fsp3) is 0. The molecule has 0 unspecified atom stereocenters. The third-order valence-electron chi connectivity index (χ3n) is 13.0. The summed E-state index contributed by atoms with van der Waals surface area (Å²) in [5.41, 5.74) is 8.82. The number of benzene rings is 10. The normalized spacial score (nSPS) is 12.1. The van der Waals surface area contributed by atoms with E-state index in [1.165, 1.54) is 43.1 Å². The van der Waals surface area contributed by atoms with E-state index in [-0.39, 0.29) is 0 Å². The lowest BCUT2D eigenvalue weighted by atomic mass is 9.94. The zero-order valence-electron chi connectivity index (χ0n) is 33.7. The van der Waals surface area contributed by atoms with E-state index in [4.69, 9.17) is 19.4 Å². The van der Waals surface area contributed by atoms with E-state index in [2.05, 4.69) is 161 Å². The van der Waals surface area contributed by atoms with Crippen molar-refractivity contribution in [3.05, 3.63) is 200 Å². The third-order valence-corrected chi connectivity index (χ3v) is 13.0. The lowest BCUT2D eigenvalue weighted by Crippen LogP contribution is -2.06. The molecule has 0 bridgehead atoms. The third kappa shape index (κ3) is 4.86. The van der Waals surface area contributed by atoms with Crippen LogP contribution in [0.25, 0.3) is 132 Å². The van der Waals surface area contributed by atoms with Crippen molar-refractivity contribution in [2.45, 2.75) is 0 Å². The monoisotopic (exact) mass is 803 g/mol. The van der Waals surface area contributed by atoms with Gasteiger partial charge in [-0.3, -0.25) is 4.57 Å². The number of furan rings is 1. The number of fused-ring (bicyclic) bond motifs is 16. The summed E-state index contributed by atoms with van der Waals surface area (Å²) in [6.45, 7) is 0. The van der Waals surface area contributed by atoms with Crippen LogP contribution in [0.4, 0.5) is 0 Å². The first-order valence-corrected chi connectivity index (χ1v) is 21.3. The van der Waals surface area contributed by atoms with E-state index in [0.717, 1.165) is 71.6 Å². The molecule has 0 saturated heterocycles. The van der Waals surface area contributed by atoms with Crippen LogP contribution in [0, 0.1) is 0 Å². The van der Waals surface area contributed by atoms with Crippen molar-refractivity contribution in [2.75, 3.05) is 0 Å². The Morgan fingerprint density at radius 3 is 1.67 bits per heavy atom. The maximum atomic E-state index is 6.35. The molecule has 63 heavy (non-hydrogen) atoms. The number of rotatable bonds is 4. The number of hydrogen-bond donors (Lipinski definition) is 0. The Hall–Kier alpha value is -8.61. The van der Waals surface area contributed by atoms with Gasteiger partial charge in [-0.25, -0.2) is 4.98 Å². The van der Waals surface area contributed by atoms with Crippen molar-refractivity contribution >= 4 is 97.9 Å².